The second-order valence-electron chi connectivity index (χ2n) is 7.80. The topological polar surface area (TPSA) is 84.9 Å². The van der Waals surface area contributed by atoms with Crippen LogP contribution in [0.4, 0.5) is 4.79 Å². The number of methoxy groups -OCH3 is 1. The van der Waals surface area contributed by atoms with Crippen molar-refractivity contribution in [1.82, 2.24) is 10.2 Å². The van der Waals surface area contributed by atoms with E-state index >= 15 is 0 Å². The van der Waals surface area contributed by atoms with Crippen LogP contribution in [0.3, 0.4) is 0 Å². The summed E-state index contributed by atoms with van der Waals surface area (Å²) in [5.41, 5.74) is -1.13. The standard InChI is InChI=1S/C21H28N2O5/c1-20(18(25)27-2)11-8-14-23(20)17(24)21(12-6-7-13-21)22-19(26)28-15-16-9-4-3-5-10-16/h3-5,9-10H,6-8,11-15H2,1-2H3,(H,22,26)/t20-/m0/s1. The second-order valence-corrected chi connectivity index (χ2v) is 7.80. The molecule has 1 aromatic rings. The Hall–Kier alpha value is -2.57. The third-order valence-electron chi connectivity index (χ3n) is 5.93. The average molecular weight is 388 g/mol. The van der Waals surface area contributed by atoms with Crippen LogP contribution in [0.2, 0.25) is 0 Å². The molecule has 2 fully saturated rings. The number of alkyl carbamates (subject to hydrolysis) is 1. The molecule has 2 amide bonds. The van der Waals surface area contributed by atoms with Crippen LogP contribution < -0.4 is 5.32 Å². The van der Waals surface area contributed by atoms with E-state index in [1.54, 1.807) is 11.8 Å². The summed E-state index contributed by atoms with van der Waals surface area (Å²) in [6.07, 6.45) is 3.44. The van der Waals surface area contributed by atoms with Gasteiger partial charge >= 0.3 is 12.1 Å². The molecule has 0 aromatic heterocycles. The van der Waals surface area contributed by atoms with Gasteiger partial charge in [-0.15, -0.1) is 0 Å². The Balaban J connectivity index is 1.71. The van der Waals surface area contributed by atoms with Crippen LogP contribution in [0, 0.1) is 0 Å². The van der Waals surface area contributed by atoms with Crippen molar-refractivity contribution in [2.75, 3.05) is 13.7 Å². The number of esters is 1. The molecule has 152 valence electrons. The molecule has 1 aromatic carbocycles. The number of benzene rings is 1. The number of hydrogen-bond acceptors (Lipinski definition) is 5. The Labute approximate surface area is 165 Å². The van der Waals surface area contributed by atoms with E-state index in [2.05, 4.69) is 5.32 Å². The monoisotopic (exact) mass is 388 g/mol. The number of amides is 2. The first kappa shape index (κ1) is 20.2. The summed E-state index contributed by atoms with van der Waals surface area (Å²) in [6.45, 7) is 2.35. The highest BCUT2D eigenvalue weighted by Gasteiger charge is 2.53. The molecule has 2 aliphatic rings. The number of ether oxygens (including phenoxy) is 2. The van der Waals surface area contributed by atoms with Gasteiger partial charge in [0.15, 0.2) is 0 Å². The highest BCUT2D eigenvalue weighted by Crippen LogP contribution is 2.38. The molecule has 7 heteroatoms. The average Bonchev–Trinajstić information content (AvgIpc) is 3.34. The highest BCUT2D eigenvalue weighted by molar-refractivity contribution is 5.95. The minimum absolute atomic E-state index is 0.139. The minimum Gasteiger partial charge on any atom is -0.467 e. The van der Waals surface area contributed by atoms with E-state index in [0.29, 0.717) is 25.8 Å². The number of nitrogens with zero attached hydrogens (tertiary/aromatic N) is 1. The van der Waals surface area contributed by atoms with Crippen molar-refractivity contribution in [2.45, 2.75) is 63.1 Å². The summed E-state index contributed by atoms with van der Waals surface area (Å²) >= 11 is 0. The van der Waals surface area contributed by atoms with E-state index in [0.717, 1.165) is 24.8 Å². The Bertz CT molecular complexity index is 730. The van der Waals surface area contributed by atoms with Gasteiger partial charge in [0.25, 0.3) is 0 Å². The van der Waals surface area contributed by atoms with Crippen LogP contribution >= 0.6 is 0 Å². The fourth-order valence-electron chi connectivity index (χ4n) is 4.30. The fraction of sp³-hybridized carbons (Fsp3) is 0.571. The third kappa shape index (κ3) is 3.84. The molecule has 1 aliphatic heterocycles. The van der Waals surface area contributed by atoms with Crippen LogP contribution in [0.25, 0.3) is 0 Å². The van der Waals surface area contributed by atoms with Crippen molar-refractivity contribution in [3.05, 3.63) is 35.9 Å². The third-order valence-corrected chi connectivity index (χ3v) is 5.93. The van der Waals surface area contributed by atoms with Crippen LogP contribution in [0.15, 0.2) is 30.3 Å². The molecular formula is C21H28N2O5. The zero-order valence-corrected chi connectivity index (χ0v) is 16.5. The molecular weight excluding hydrogens is 360 g/mol. The molecule has 1 saturated heterocycles. The predicted molar refractivity (Wildman–Crippen MR) is 102 cm³/mol. The fourth-order valence-corrected chi connectivity index (χ4v) is 4.30. The smallest absolute Gasteiger partial charge is 0.408 e. The maximum Gasteiger partial charge on any atom is 0.408 e. The summed E-state index contributed by atoms with van der Waals surface area (Å²) in [5.74, 6) is -0.634. The van der Waals surface area contributed by atoms with Crippen molar-refractivity contribution in [3.8, 4) is 0 Å². The van der Waals surface area contributed by atoms with Gasteiger partial charge in [-0.2, -0.15) is 0 Å². The zero-order chi connectivity index (χ0) is 20.2. The Morgan fingerprint density at radius 2 is 1.75 bits per heavy atom. The van der Waals surface area contributed by atoms with E-state index in [-0.39, 0.29) is 12.5 Å². The van der Waals surface area contributed by atoms with Crippen molar-refractivity contribution < 1.29 is 23.9 Å². The Kier molecular flexibility index (Phi) is 5.91. The molecule has 1 heterocycles. The Morgan fingerprint density at radius 1 is 1.07 bits per heavy atom. The van der Waals surface area contributed by atoms with Crippen LogP contribution in [-0.2, 0) is 25.7 Å². The largest absolute Gasteiger partial charge is 0.467 e. The van der Waals surface area contributed by atoms with E-state index in [1.165, 1.54) is 7.11 Å². The van der Waals surface area contributed by atoms with Gasteiger partial charge in [-0.05, 0) is 38.2 Å². The van der Waals surface area contributed by atoms with Crippen molar-refractivity contribution in [3.63, 3.8) is 0 Å². The number of hydrogen-bond donors (Lipinski definition) is 1. The van der Waals surface area contributed by atoms with Gasteiger partial charge in [-0.1, -0.05) is 43.2 Å². The summed E-state index contributed by atoms with van der Waals surface area (Å²) in [5, 5.41) is 2.83. The maximum atomic E-state index is 13.5. The SMILES string of the molecule is COC(=O)[C@]1(C)CCCN1C(=O)C1(NC(=O)OCc2ccccc2)CCCC1. The molecule has 7 nitrogen and oxygen atoms in total. The summed E-state index contributed by atoms with van der Waals surface area (Å²) in [6, 6.07) is 9.38. The summed E-state index contributed by atoms with van der Waals surface area (Å²) < 4.78 is 10.3. The van der Waals surface area contributed by atoms with Gasteiger partial charge in [0.1, 0.15) is 17.7 Å². The van der Waals surface area contributed by atoms with Crippen LogP contribution in [-0.4, -0.2) is 47.6 Å². The first-order valence-corrected chi connectivity index (χ1v) is 9.81. The molecule has 0 bridgehead atoms. The molecule has 1 aliphatic carbocycles. The second kappa shape index (κ2) is 8.20. The molecule has 3 rings (SSSR count). The number of carbonyl (C=O) groups is 3. The van der Waals surface area contributed by atoms with Gasteiger partial charge in [-0.3, -0.25) is 4.79 Å². The molecule has 1 N–H and O–H groups in total. The quantitative estimate of drug-likeness (QED) is 0.784. The van der Waals surface area contributed by atoms with E-state index in [4.69, 9.17) is 9.47 Å². The lowest BCUT2D eigenvalue weighted by molar-refractivity contribution is -0.160. The molecule has 0 radical (unpaired) electrons. The van der Waals surface area contributed by atoms with E-state index in [1.807, 2.05) is 30.3 Å². The molecule has 1 atom stereocenters. The van der Waals surface area contributed by atoms with E-state index < -0.39 is 23.1 Å². The molecule has 0 unspecified atom stereocenters. The summed E-state index contributed by atoms with van der Waals surface area (Å²) in [7, 11) is 1.33. The first-order chi connectivity index (χ1) is 13.4. The number of likely N-dealkylation sites (tertiary alicyclic amines) is 1. The van der Waals surface area contributed by atoms with Gasteiger partial charge in [0, 0.05) is 6.54 Å². The lowest BCUT2D eigenvalue weighted by atomic mass is 9.92. The normalized spacial score (nSPS) is 23.3. The van der Waals surface area contributed by atoms with E-state index in [9.17, 15) is 14.4 Å². The highest BCUT2D eigenvalue weighted by atomic mass is 16.5. The lowest BCUT2D eigenvalue weighted by Gasteiger charge is -2.39. The van der Waals surface area contributed by atoms with Crippen molar-refractivity contribution >= 4 is 18.0 Å². The molecule has 1 saturated carbocycles. The number of carbonyl (C=O) groups excluding carboxylic acids is 3. The van der Waals surface area contributed by atoms with Crippen LogP contribution in [0.1, 0.15) is 51.0 Å². The van der Waals surface area contributed by atoms with Crippen molar-refractivity contribution in [1.29, 1.82) is 0 Å². The first-order valence-electron chi connectivity index (χ1n) is 9.81. The lowest BCUT2D eigenvalue weighted by Crippen LogP contribution is -2.63. The predicted octanol–water partition coefficient (Wildman–Crippen LogP) is 2.78. The molecule has 28 heavy (non-hydrogen) atoms. The van der Waals surface area contributed by atoms with Crippen LogP contribution in [0.5, 0.6) is 0 Å². The minimum atomic E-state index is -1.02. The van der Waals surface area contributed by atoms with Gasteiger partial charge in [0.2, 0.25) is 5.91 Å². The molecule has 0 spiro atoms. The zero-order valence-electron chi connectivity index (χ0n) is 16.5. The number of nitrogens with one attached hydrogen (secondary N) is 1. The van der Waals surface area contributed by atoms with Gasteiger partial charge < -0.3 is 19.7 Å². The Morgan fingerprint density at radius 3 is 2.39 bits per heavy atom. The number of rotatable bonds is 5. The van der Waals surface area contributed by atoms with Crippen molar-refractivity contribution in [2.24, 2.45) is 0 Å². The summed E-state index contributed by atoms with van der Waals surface area (Å²) in [4.78, 5) is 39.8. The maximum absolute atomic E-state index is 13.5. The van der Waals surface area contributed by atoms with Gasteiger partial charge in [-0.25, -0.2) is 9.59 Å². The van der Waals surface area contributed by atoms with Gasteiger partial charge in [0.05, 0.1) is 7.11 Å².